The normalized spacial score (nSPS) is 20.2. The van der Waals surface area contributed by atoms with Crippen LogP contribution in [0.4, 0.5) is 0 Å². The second kappa shape index (κ2) is 4.89. The van der Waals surface area contributed by atoms with Gasteiger partial charge in [-0.3, -0.25) is 0 Å². The van der Waals surface area contributed by atoms with E-state index in [1.165, 1.54) is 4.31 Å². The monoisotopic (exact) mass is 337 g/mol. The Morgan fingerprint density at radius 1 is 1.53 bits per heavy atom. The first-order chi connectivity index (χ1) is 7.91. The zero-order chi connectivity index (χ0) is 12.6. The fourth-order valence-corrected chi connectivity index (χ4v) is 4.38. The van der Waals surface area contributed by atoms with Crippen molar-refractivity contribution in [2.75, 3.05) is 18.6 Å². The van der Waals surface area contributed by atoms with E-state index in [-0.39, 0.29) is 0 Å². The van der Waals surface area contributed by atoms with Crippen molar-refractivity contribution in [3.05, 3.63) is 28.2 Å². The molecule has 0 aliphatic carbocycles. The maximum absolute atomic E-state index is 12.1. The minimum absolute atomic E-state index is 0.303. The number of sulfonamides is 1. The zero-order valence-electron chi connectivity index (χ0n) is 9.22. The molecule has 0 bridgehead atoms. The molecule has 0 saturated carbocycles. The first kappa shape index (κ1) is 13.4. The first-order valence-corrected chi connectivity index (χ1v) is 8.96. The number of halogens is 1. The smallest absolute Gasteiger partial charge is 0.243 e. The minimum Gasteiger partial charge on any atom is -0.617 e. The van der Waals surface area contributed by atoms with E-state index in [4.69, 9.17) is 0 Å². The van der Waals surface area contributed by atoms with E-state index in [0.29, 0.717) is 23.7 Å². The lowest BCUT2D eigenvalue weighted by molar-refractivity contribution is 0.442. The van der Waals surface area contributed by atoms with Gasteiger partial charge in [0.25, 0.3) is 0 Å². The summed E-state index contributed by atoms with van der Waals surface area (Å²) >= 11 is 2.34. The van der Waals surface area contributed by atoms with E-state index in [2.05, 4.69) is 15.9 Å². The number of hydrogen-bond acceptors (Lipinski definition) is 3. The van der Waals surface area contributed by atoms with Crippen molar-refractivity contribution in [1.29, 1.82) is 0 Å². The molecule has 4 nitrogen and oxygen atoms in total. The van der Waals surface area contributed by atoms with Gasteiger partial charge in [-0.2, -0.15) is 4.31 Å². The van der Waals surface area contributed by atoms with E-state index in [9.17, 15) is 13.0 Å². The third-order valence-corrected chi connectivity index (χ3v) is 5.81. The molecule has 1 heterocycles. The number of nitrogens with zero attached hydrogens (tertiary/aromatic N) is 1. The van der Waals surface area contributed by atoms with Gasteiger partial charge >= 0.3 is 0 Å². The predicted octanol–water partition coefficient (Wildman–Crippen LogP) is 1.33. The van der Waals surface area contributed by atoms with Gasteiger partial charge in [-0.1, -0.05) is 27.1 Å². The molecule has 0 fully saturated rings. The quantitative estimate of drug-likeness (QED) is 0.782. The van der Waals surface area contributed by atoms with Gasteiger partial charge in [0.2, 0.25) is 10.0 Å². The summed E-state index contributed by atoms with van der Waals surface area (Å²) in [7, 11) is -3.38. The summed E-state index contributed by atoms with van der Waals surface area (Å²) in [6, 6.07) is 5.14. The summed E-state index contributed by atoms with van der Waals surface area (Å²) in [5.74, 6) is 0.369. The van der Waals surface area contributed by atoms with Crippen LogP contribution >= 0.6 is 15.9 Å². The molecule has 0 spiro atoms. The molecule has 0 radical (unpaired) electrons. The lowest BCUT2D eigenvalue weighted by Gasteiger charge is -2.14. The molecule has 0 aromatic heterocycles. The van der Waals surface area contributed by atoms with Gasteiger partial charge in [0.1, 0.15) is 5.75 Å². The molecular weight excluding hydrogens is 326 g/mol. The molecule has 1 aliphatic rings. The Labute approximate surface area is 112 Å². The molecule has 17 heavy (non-hydrogen) atoms. The zero-order valence-corrected chi connectivity index (χ0v) is 12.4. The molecule has 94 valence electrons. The molecule has 1 aliphatic heterocycles. The van der Waals surface area contributed by atoms with Crippen LogP contribution in [-0.2, 0) is 27.7 Å². The Bertz CT molecular complexity index is 530. The number of rotatable bonds is 3. The van der Waals surface area contributed by atoms with Gasteiger partial charge in [-0.05, 0) is 23.8 Å². The fraction of sp³-hybridized carbons (Fsp3) is 0.400. The van der Waals surface area contributed by atoms with Crippen LogP contribution in [-0.4, -0.2) is 35.8 Å². The predicted molar refractivity (Wildman–Crippen MR) is 70.7 cm³/mol. The van der Waals surface area contributed by atoms with Crippen LogP contribution in [0.5, 0.6) is 0 Å². The number of fused-ring (bicyclic) bond motifs is 1. The molecule has 0 saturated heterocycles. The molecule has 7 heteroatoms. The van der Waals surface area contributed by atoms with Crippen LogP contribution in [0.1, 0.15) is 5.56 Å². The van der Waals surface area contributed by atoms with Crippen LogP contribution in [0.25, 0.3) is 0 Å². The van der Waals surface area contributed by atoms with Crippen molar-refractivity contribution in [1.82, 2.24) is 4.31 Å². The highest BCUT2D eigenvalue weighted by molar-refractivity contribution is 9.10. The third-order valence-electron chi connectivity index (χ3n) is 2.62. The van der Waals surface area contributed by atoms with Crippen molar-refractivity contribution in [3.8, 4) is 0 Å². The lowest BCUT2D eigenvalue weighted by Crippen LogP contribution is -2.29. The Morgan fingerprint density at radius 2 is 2.24 bits per heavy atom. The summed E-state index contributed by atoms with van der Waals surface area (Å²) in [5.41, 5.74) is 0.793. The Hall–Kier alpha value is -0.0800. The molecule has 1 atom stereocenters. The van der Waals surface area contributed by atoms with Crippen LogP contribution < -0.4 is 0 Å². The molecule has 1 aromatic rings. The van der Waals surface area contributed by atoms with Gasteiger partial charge in [0.05, 0.1) is 17.7 Å². The van der Waals surface area contributed by atoms with Crippen molar-refractivity contribution < 1.29 is 13.0 Å². The second-order valence-electron chi connectivity index (χ2n) is 3.87. The van der Waals surface area contributed by atoms with Gasteiger partial charge in [0.15, 0.2) is 0 Å². The van der Waals surface area contributed by atoms with Crippen molar-refractivity contribution in [2.45, 2.75) is 11.4 Å². The first-order valence-electron chi connectivity index (χ1n) is 5.00. The van der Waals surface area contributed by atoms with Gasteiger partial charge in [-0.25, -0.2) is 8.42 Å². The summed E-state index contributed by atoms with van der Waals surface area (Å²) in [6.45, 7) is 0.673. The van der Waals surface area contributed by atoms with Crippen LogP contribution in [0, 0.1) is 0 Å². The standard InChI is InChI=1S/C10H12BrNO3S2/c1-16(13)5-4-12-7-8-6-9(11)2-3-10(8)17(12,14)15/h2-3,6H,4-5,7H2,1H3. The summed E-state index contributed by atoms with van der Waals surface area (Å²) < 4.78 is 37.5. The minimum atomic E-state index is -3.38. The number of benzene rings is 1. The van der Waals surface area contributed by atoms with Gasteiger partial charge in [-0.15, -0.1) is 0 Å². The summed E-state index contributed by atoms with van der Waals surface area (Å²) in [5, 5.41) is 0. The van der Waals surface area contributed by atoms with E-state index >= 15 is 0 Å². The molecular formula is C10H12BrNO3S2. The van der Waals surface area contributed by atoms with E-state index < -0.39 is 21.2 Å². The fourth-order valence-electron chi connectivity index (χ4n) is 1.77. The highest BCUT2D eigenvalue weighted by Crippen LogP contribution is 2.31. The van der Waals surface area contributed by atoms with Gasteiger partial charge < -0.3 is 4.55 Å². The van der Waals surface area contributed by atoms with Crippen LogP contribution in [0.3, 0.4) is 0 Å². The maximum Gasteiger partial charge on any atom is 0.243 e. The molecule has 0 N–H and O–H groups in total. The van der Waals surface area contributed by atoms with Crippen molar-refractivity contribution in [3.63, 3.8) is 0 Å². The van der Waals surface area contributed by atoms with E-state index in [0.717, 1.165) is 10.0 Å². The Balaban J connectivity index is 2.27. The highest BCUT2D eigenvalue weighted by atomic mass is 79.9. The summed E-state index contributed by atoms with van der Waals surface area (Å²) in [4.78, 5) is 0.364. The molecule has 0 amide bonds. The molecule has 2 rings (SSSR count). The lowest BCUT2D eigenvalue weighted by atomic mass is 10.2. The SMILES string of the molecule is C[S+]([O-])CCN1Cc2cc(Br)ccc2S1(=O)=O. The number of hydrogen-bond donors (Lipinski definition) is 0. The second-order valence-corrected chi connectivity index (χ2v) is 8.24. The highest BCUT2D eigenvalue weighted by Gasteiger charge is 2.34. The van der Waals surface area contributed by atoms with E-state index in [1.807, 2.05) is 6.07 Å². The largest absolute Gasteiger partial charge is 0.617 e. The topological polar surface area (TPSA) is 60.4 Å². The maximum atomic E-state index is 12.1. The molecule has 1 aromatic carbocycles. The summed E-state index contributed by atoms with van der Waals surface area (Å²) in [6.07, 6.45) is 1.58. The molecule has 1 unspecified atom stereocenters. The Morgan fingerprint density at radius 3 is 2.88 bits per heavy atom. The van der Waals surface area contributed by atoms with Crippen molar-refractivity contribution >= 4 is 37.1 Å². The average molecular weight is 338 g/mol. The Kier molecular flexibility index (Phi) is 3.84. The van der Waals surface area contributed by atoms with Crippen molar-refractivity contribution in [2.24, 2.45) is 0 Å². The van der Waals surface area contributed by atoms with E-state index in [1.54, 1.807) is 18.4 Å². The van der Waals surface area contributed by atoms with Crippen LogP contribution in [0.15, 0.2) is 27.6 Å². The van der Waals surface area contributed by atoms with Crippen LogP contribution in [0.2, 0.25) is 0 Å². The third kappa shape index (κ3) is 2.68. The average Bonchev–Trinajstić information content (AvgIpc) is 2.46. The van der Waals surface area contributed by atoms with Gasteiger partial charge in [0, 0.05) is 11.0 Å².